The zero-order valence-electron chi connectivity index (χ0n) is 17.0. The van der Waals surface area contributed by atoms with E-state index in [2.05, 4.69) is 53.6 Å². The number of aromatic nitrogens is 1. The van der Waals surface area contributed by atoms with Gasteiger partial charge in [0, 0.05) is 11.9 Å². The second-order valence-corrected chi connectivity index (χ2v) is 8.33. The molecule has 5 rings (SSSR count). The SMILES string of the molecule is c1ccc2c(c1)CC(c1c[nH]c(CCCCOc3cccc4c3OCCC4)c1)C2. The molecule has 0 saturated carbocycles. The number of unbranched alkanes of at least 4 members (excludes halogenated alkanes) is 1. The maximum absolute atomic E-state index is 6.03. The number of fused-ring (bicyclic) bond motifs is 2. The van der Waals surface area contributed by atoms with Crippen molar-refractivity contribution >= 4 is 0 Å². The molecule has 2 aliphatic rings. The molecule has 0 bridgehead atoms. The maximum atomic E-state index is 6.03. The molecule has 0 saturated heterocycles. The lowest BCUT2D eigenvalue weighted by atomic mass is 9.98. The van der Waals surface area contributed by atoms with E-state index in [-0.39, 0.29) is 0 Å². The number of rotatable bonds is 7. The highest BCUT2D eigenvalue weighted by molar-refractivity contribution is 5.47. The zero-order chi connectivity index (χ0) is 19.5. The second kappa shape index (κ2) is 8.36. The van der Waals surface area contributed by atoms with Crippen LogP contribution in [0.4, 0.5) is 0 Å². The van der Waals surface area contributed by atoms with Gasteiger partial charge in [-0.05, 0) is 85.3 Å². The summed E-state index contributed by atoms with van der Waals surface area (Å²) in [5.41, 5.74) is 7.12. The first-order chi connectivity index (χ1) is 14.4. The third-order valence-corrected chi connectivity index (χ3v) is 6.28. The number of H-pyrrole nitrogens is 1. The number of hydrogen-bond acceptors (Lipinski definition) is 2. The fraction of sp³-hybridized carbons (Fsp3) is 0.385. The van der Waals surface area contributed by atoms with Crippen LogP contribution in [0.2, 0.25) is 0 Å². The average molecular weight is 388 g/mol. The van der Waals surface area contributed by atoms with Crippen LogP contribution in [0, 0.1) is 0 Å². The van der Waals surface area contributed by atoms with Gasteiger partial charge in [0.15, 0.2) is 11.5 Å². The molecule has 0 unspecified atom stereocenters. The summed E-state index contributed by atoms with van der Waals surface area (Å²) >= 11 is 0. The highest BCUT2D eigenvalue weighted by Gasteiger charge is 2.23. The summed E-state index contributed by atoms with van der Waals surface area (Å²) in [7, 11) is 0. The molecule has 0 atom stereocenters. The Kier molecular flexibility index (Phi) is 5.29. The fourth-order valence-corrected chi connectivity index (χ4v) is 4.71. The molecule has 0 amide bonds. The van der Waals surface area contributed by atoms with Crippen LogP contribution in [-0.2, 0) is 25.7 Å². The largest absolute Gasteiger partial charge is 0.490 e. The summed E-state index contributed by atoms with van der Waals surface area (Å²) in [5, 5.41) is 0. The molecule has 0 spiro atoms. The van der Waals surface area contributed by atoms with E-state index in [0.717, 1.165) is 56.8 Å². The summed E-state index contributed by atoms with van der Waals surface area (Å²) in [5.74, 6) is 2.50. The Morgan fingerprint density at radius 3 is 2.66 bits per heavy atom. The molecular weight excluding hydrogens is 358 g/mol. The van der Waals surface area contributed by atoms with Crippen LogP contribution in [-0.4, -0.2) is 18.2 Å². The van der Waals surface area contributed by atoms with E-state index in [1.807, 2.05) is 6.07 Å². The quantitative estimate of drug-likeness (QED) is 0.534. The predicted molar refractivity (Wildman–Crippen MR) is 116 cm³/mol. The van der Waals surface area contributed by atoms with E-state index in [9.17, 15) is 0 Å². The lowest BCUT2D eigenvalue weighted by Crippen LogP contribution is -2.10. The van der Waals surface area contributed by atoms with Crippen molar-refractivity contribution in [1.82, 2.24) is 4.98 Å². The van der Waals surface area contributed by atoms with Crippen LogP contribution in [0.5, 0.6) is 11.5 Å². The first-order valence-corrected chi connectivity index (χ1v) is 11.0. The third kappa shape index (κ3) is 4.05. The van der Waals surface area contributed by atoms with E-state index >= 15 is 0 Å². The summed E-state index contributed by atoms with van der Waals surface area (Å²) in [4.78, 5) is 3.50. The van der Waals surface area contributed by atoms with Gasteiger partial charge >= 0.3 is 0 Å². The van der Waals surface area contributed by atoms with Crippen molar-refractivity contribution in [2.24, 2.45) is 0 Å². The number of aryl methyl sites for hydroxylation is 2. The van der Waals surface area contributed by atoms with Crippen molar-refractivity contribution in [2.45, 2.75) is 50.9 Å². The monoisotopic (exact) mass is 387 g/mol. The highest BCUT2D eigenvalue weighted by atomic mass is 16.5. The molecule has 29 heavy (non-hydrogen) atoms. The minimum absolute atomic E-state index is 0.630. The molecule has 0 radical (unpaired) electrons. The molecule has 3 aromatic rings. The molecule has 2 heterocycles. The first kappa shape index (κ1) is 18.4. The standard InChI is InChI=1S/C26H29NO2/c1-2-8-21-16-22(15-20(21)7-1)23-17-24(27-18-23)11-3-4-13-28-25-12-5-9-19-10-6-14-29-26(19)25/h1-2,5,7-9,12,17-18,22,27H,3-4,6,10-11,13-16H2. The summed E-state index contributed by atoms with van der Waals surface area (Å²) < 4.78 is 11.9. The van der Waals surface area contributed by atoms with Gasteiger partial charge in [0.2, 0.25) is 0 Å². The first-order valence-electron chi connectivity index (χ1n) is 11.0. The number of hydrogen-bond donors (Lipinski definition) is 1. The van der Waals surface area contributed by atoms with Gasteiger partial charge in [-0.25, -0.2) is 0 Å². The Labute approximate surface area is 173 Å². The number of aromatic amines is 1. The van der Waals surface area contributed by atoms with Crippen LogP contribution in [0.25, 0.3) is 0 Å². The van der Waals surface area contributed by atoms with Crippen LogP contribution >= 0.6 is 0 Å². The topological polar surface area (TPSA) is 34.2 Å². The van der Waals surface area contributed by atoms with Gasteiger partial charge in [-0.15, -0.1) is 0 Å². The summed E-state index contributed by atoms with van der Waals surface area (Å²) in [6.07, 6.45) is 10.0. The van der Waals surface area contributed by atoms with Gasteiger partial charge in [-0.3, -0.25) is 0 Å². The lowest BCUT2D eigenvalue weighted by Gasteiger charge is -2.20. The third-order valence-electron chi connectivity index (χ3n) is 6.28. The Bertz CT molecular complexity index is 949. The smallest absolute Gasteiger partial charge is 0.164 e. The maximum Gasteiger partial charge on any atom is 0.164 e. The van der Waals surface area contributed by atoms with Gasteiger partial charge in [-0.1, -0.05) is 36.4 Å². The van der Waals surface area contributed by atoms with Gasteiger partial charge < -0.3 is 14.5 Å². The van der Waals surface area contributed by atoms with E-state index in [1.165, 1.54) is 40.8 Å². The van der Waals surface area contributed by atoms with E-state index < -0.39 is 0 Å². The van der Waals surface area contributed by atoms with Gasteiger partial charge in [0.25, 0.3) is 0 Å². The van der Waals surface area contributed by atoms with E-state index in [4.69, 9.17) is 9.47 Å². The van der Waals surface area contributed by atoms with Crippen LogP contribution < -0.4 is 9.47 Å². The zero-order valence-corrected chi connectivity index (χ0v) is 17.0. The molecule has 3 nitrogen and oxygen atoms in total. The Balaban J connectivity index is 1.09. The van der Waals surface area contributed by atoms with Crippen molar-refractivity contribution in [3.8, 4) is 11.5 Å². The highest BCUT2D eigenvalue weighted by Crippen LogP contribution is 2.35. The number of benzene rings is 2. The molecule has 2 aromatic carbocycles. The predicted octanol–water partition coefficient (Wildman–Crippen LogP) is 5.62. The van der Waals surface area contributed by atoms with Crippen molar-refractivity contribution in [3.63, 3.8) is 0 Å². The second-order valence-electron chi connectivity index (χ2n) is 8.33. The average Bonchev–Trinajstić information content (AvgIpc) is 3.40. The number of nitrogens with one attached hydrogen (secondary N) is 1. The normalized spacial score (nSPS) is 15.6. The number of para-hydroxylation sites is 1. The minimum atomic E-state index is 0.630. The Morgan fingerprint density at radius 1 is 0.966 bits per heavy atom. The molecule has 0 fully saturated rings. The lowest BCUT2D eigenvalue weighted by molar-refractivity contribution is 0.248. The Morgan fingerprint density at radius 2 is 1.79 bits per heavy atom. The van der Waals surface area contributed by atoms with Crippen LogP contribution in [0.15, 0.2) is 54.7 Å². The molecular formula is C26H29NO2. The van der Waals surface area contributed by atoms with Gasteiger partial charge in [-0.2, -0.15) is 0 Å². The van der Waals surface area contributed by atoms with Crippen LogP contribution in [0.1, 0.15) is 53.1 Å². The van der Waals surface area contributed by atoms with E-state index in [0.29, 0.717) is 5.92 Å². The van der Waals surface area contributed by atoms with Crippen molar-refractivity contribution < 1.29 is 9.47 Å². The molecule has 1 N–H and O–H groups in total. The van der Waals surface area contributed by atoms with Crippen LogP contribution in [0.3, 0.4) is 0 Å². The van der Waals surface area contributed by atoms with Crippen molar-refractivity contribution in [1.29, 1.82) is 0 Å². The minimum Gasteiger partial charge on any atom is -0.490 e. The molecule has 1 aliphatic carbocycles. The Hall–Kier alpha value is -2.68. The van der Waals surface area contributed by atoms with Crippen molar-refractivity contribution in [3.05, 3.63) is 82.7 Å². The molecule has 150 valence electrons. The molecule has 1 aromatic heterocycles. The van der Waals surface area contributed by atoms with E-state index in [1.54, 1.807) is 0 Å². The summed E-state index contributed by atoms with van der Waals surface area (Å²) in [6, 6.07) is 17.5. The van der Waals surface area contributed by atoms with Crippen molar-refractivity contribution in [2.75, 3.05) is 13.2 Å². The summed E-state index contributed by atoms with van der Waals surface area (Å²) in [6.45, 7) is 1.54. The number of ether oxygens (including phenoxy) is 2. The molecule has 1 aliphatic heterocycles. The fourth-order valence-electron chi connectivity index (χ4n) is 4.71. The molecule has 3 heteroatoms. The van der Waals surface area contributed by atoms with Gasteiger partial charge in [0.1, 0.15) is 0 Å². The van der Waals surface area contributed by atoms with Gasteiger partial charge in [0.05, 0.1) is 13.2 Å².